The highest BCUT2D eigenvalue weighted by Crippen LogP contribution is 2.27. The lowest BCUT2D eigenvalue weighted by Gasteiger charge is -2.36. The molecule has 0 spiro atoms. The Hall–Kier alpha value is -2.34. The zero-order valence-electron chi connectivity index (χ0n) is 14.9. The molecule has 1 aliphatic heterocycles. The first-order valence-corrected chi connectivity index (χ1v) is 8.83. The van der Waals surface area contributed by atoms with E-state index in [1.807, 2.05) is 50.4 Å². The van der Waals surface area contributed by atoms with Gasteiger partial charge in [-0.1, -0.05) is 17.7 Å². The van der Waals surface area contributed by atoms with Gasteiger partial charge in [0, 0.05) is 12.4 Å². The molecule has 3 rings (SSSR count). The number of hydrogen-bond acceptors (Lipinski definition) is 4. The Morgan fingerprint density at radius 1 is 1.36 bits per heavy atom. The topological polar surface area (TPSA) is 68.2 Å². The third-order valence-electron chi connectivity index (χ3n) is 4.70. The van der Waals surface area contributed by atoms with Crippen LogP contribution in [0.5, 0.6) is 5.75 Å². The van der Waals surface area contributed by atoms with Gasteiger partial charge >= 0.3 is 0 Å². The van der Waals surface area contributed by atoms with Crippen molar-refractivity contribution in [1.29, 1.82) is 0 Å². The molecule has 25 heavy (non-hydrogen) atoms. The van der Waals surface area contributed by atoms with Gasteiger partial charge in [0.1, 0.15) is 17.4 Å². The lowest BCUT2D eigenvalue weighted by Crippen LogP contribution is -2.55. The first-order valence-electron chi connectivity index (χ1n) is 8.83. The third-order valence-corrected chi connectivity index (χ3v) is 4.70. The van der Waals surface area contributed by atoms with E-state index in [0.29, 0.717) is 6.54 Å². The molecule has 1 amide bonds. The van der Waals surface area contributed by atoms with Crippen LogP contribution in [0.4, 0.5) is 0 Å². The molecule has 1 unspecified atom stereocenters. The van der Waals surface area contributed by atoms with Crippen LogP contribution >= 0.6 is 0 Å². The third kappa shape index (κ3) is 4.02. The Balaban J connectivity index is 1.61. The Kier molecular flexibility index (Phi) is 5.38. The van der Waals surface area contributed by atoms with Gasteiger partial charge in [0.15, 0.2) is 0 Å². The molecule has 1 saturated heterocycles. The molecule has 1 aromatic heterocycles. The number of nitrogens with one attached hydrogen (secondary N) is 2. The Morgan fingerprint density at radius 3 is 2.72 bits per heavy atom. The molecule has 6 heteroatoms. The number of hydrogen-bond donors (Lipinski definition) is 2. The van der Waals surface area contributed by atoms with Gasteiger partial charge in [-0.15, -0.1) is 0 Å². The number of rotatable bonds is 6. The second-order valence-corrected chi connectivity index (χ2v) is 6.68. The highest BCUT2D eigenvalue weighted by atomic mass is 16.5. The van der Waals surface area contributed by atoms with E-state index in [-0.39, 0.29) is 12.0 Å². The van der Waals surface area contributed by atoms with Gasteiger partial charge in [0.05, 0.1) is 6.54 Å². The summed E-state index contributed by atoms with van der Waals surface area (Å²) in [6, 6.07) is 9.79. The molecule has 1 aromatic carbocycles. The number of aryl methyl sites for hydroxylation is 1. The molecule has 0 bridgehead atoms. The van der Waals surface area contributed by atoms with Crippen LogP contribution in [0.3, 0.4) is 0 Å². The zero-order valence-corrected chi connectivity index (χ0v) is 14.9. The number of benzene rings is 1. The Morgan fingerprint density at radius 2 is 2.08 bits per heavy atom. The molecule has 1 atom stereocenters. The molecule has 134 valence electrons. The van der Waals surface area contributed by atoms with Crippen molar-refractivity contribution in [2.75, 3.05) is 19.6 Å². The zero-order chi connectivity index (χ0) is 17.7. The summed E-state index contributed by atoms with van der Waals surface area (Å²) in [5.41, 5.74) is 0.582. The second kappa shape index (κ2) is 7.70. The number of nitrogens with zero attached hydrogens (tertiary/aromatic N) is 2. The maximum atomic E-state index is 13.0. The minimum atomic E-state index is -0.613. The number of ether oxygens (including phenoxy) is 1. The number of amides is 1. The molecule has 0 aliphatic carbocycles. The predicted octanol–water partition coefficient (Wildman–Crippen LogP) is 1.85. The SMILES string of the molecule is Cc1ccc(OC(C)CNC(=O)C2(n3cccn3)CCNCC2)cc1. The quantitative estimate of drug-likeness (QED) is 0.841. The summed E-state index contributed by atoms with van der Waals surface area (Å²) in [7, 11) is 0. The first kappa shape index (κ1) is 17.5. The molecule has 2 aromatic rings. The summed E-state index contributed by atoms with van der Waals surface area (Å²) in [4.78, 5) is 13.0. The summed E-state index contributed by atoms with van der Waals surface area (Å²) >= 11 is 0. The van der Waals surface area contributed by atoms with Gasteiger partial charge < -0.3 is 15.4 Å². The fourth-order valence-corrected chi connectivity index (χ4v) is 3.21. The summed E-state index contributed by atoms with van der Waals surface area (Å²) < 4.78 is 7.68. The smallest absolute Gasteiger partial charge is 0.248 e. The highest BCUT2D eigenvalue weighted by Gasteiger charge is 2.41. The average Bonchev–Trinajstić information content (AvgIpc) is 3.17. The molecule has 1 aliphatic rings. The molecular formula is C19H26N4O2. The van der Waals surface area contributed by atoms with E-state index < -0.39 is 5.54 Å². The van der Waals surface area contributed by atoms with E-state index in [1.54, 1.807) is 10.9 Å². The average molecular weight is 342 g/mol. The molecule has 2 heterocycles. The van der Waals surface area contributed by atoms with Crippen molar-refractivity contribution in [3.05, 3.63) is 48.3 Å². The van der Waals surface area contributed by atoms with Crippen molar-refractivity contribution in [3.63, 3.8) is 0 Å². The molecule has 6 nitrogen and oxygen atoms in total. The van der Waals surface area contributed by atoms with E-state index in [4.69, 9.17) is 4.74 Å². The van der Waals surface area contributed by atoms with E-state index in [0.717, 1.165) is 31.7 Å². The highest BCUT2D eigenvalue weighted by molar-refractivity contribution is 5.84. The van der Waals surface area contributed by atoms with Crippen LogP contribution in [0, 0.1) is 6.92 Å². The van der Waals surface area contributed by atoms with Gasteiger partial charge in [0.2, 0.25) is 5.91 Å². The van der Waals surface area contributed by atoms with Crippen LogP contribution in [-0.2, 0) is 10.3 Å². The van der Waals surface area contributed by atoms with Gasteiger partial charge in [0.25, 0.3) is 0 Å². The summed E-state index contributed by atoms with van der Waals surface area (Å²) in [6.07, 6.45) is 4.95. The van der Waals surface area contributed by atoms with Crippen molar-refractivity contribution in [3.8, 4) is 5.75 Å². The lowest BCUT2D eigenvalue weighted by atomic mass is 9.87. The van der Waals surface area contributed by atoms with E-state index in [2.05, 4.69) is 15.7 Å². The molecular weight excluding hydrogens is 316 g/mol. The number of aromatic nitrogens is 2. The summed E-state index contributed by atoms with van der Waals surface area (Å²) in [5.74, 6) is 0.827. The van der Waals surface area contributed by atoms with Crippen LogP contribution in [0.1, 0.15) is 25.3 Å². The second-order valence-electron chi connectivity index (χ2n) is 6.68. The summed E-state index contributed by atoms with van der Waals surface area (Å²) in [5, 5.41) is 10.7. The van der Waals surface area contributed by atoms with Crippen LogP contribution in [0.15, 0.2) is 42.7 Å². The first-order chi connectivity index (χ1) is 12.1. The van der Waals surface area contributed by atoms with Crippen molar-refractivity contribution in [2.45, 2.75) is 38.3 Å². The van der Waals surface area contributed by atoms with Crippen LogP contribution < -0.4 is 15.4 Å². The lowest BCUT2D eigenvalue weighted by molar-refractivity contribution is -0.132. The normalized spacial score (nSPS) is 17.7. The van der Waals surface area contributed by atoms with Gasteiger partial charge in [-0.3, -0.25) is 9.48 Å². The van der Waals surface area contributed by atoms with Gasteiger partial charge in [-0.25, -0.2) is 0 Å². The van der Waals surface area contributed by atoms with Crippen LogP contribution in [0.2, 0.25) is 0 Å². The Bertz CT molecular complexity index is 676. The summed E-state index contributed by atoms with van der Waals surface area (Å²) in [6.45, 7) is 6.08. The molecule has 1 fully saturated rings. The minimum Gasteiger partial charge on any atom is -0.489 e. The number of carbonyl (C=O) groups is 1. The fourth-order valence-electron chi connectivity index (χ4n) is 3.21. The molecule has 2 N–H and O–H groups in total. The molecule has 0 radical (unpaired) electrons. The van der Waals surface area contributed by atoms with Crippen LogP contribution in [-0.4, -0.2) is 41.4 Å². The maximum Gasteiger partial charge on any atom is 0.248 e. The van der Waals surface area contributed by atoms with E-state index >= 15 is 0 Å². The van der Waals surface area contributed by atoms with Crippen LogP contribution in [0.25, 0.3) is 0 Å². The fraction of sp³-hybridized carbons (Fsp3) is 0.474. The molecule has 0 saturated carbocycles. The van der Waals surface area contributed by atoms with Crippen molar-refractivity contribution in [1.82, 2.24) is 20.4 Å². The standard InChI is InChI=1S/C19H26N4O2/c1-15-4-6-17(7-5-15)25-16(2)14-21-18(24)19(8-11-20-12-9-19)23-13-3-10-22-23/h3-7,10,13,16,20H,8-9,11-12,14H2,1-2H3,(H,21,24). The monoisotopic (exact) mass is 342 g/mol. The van der Waals surface area contributed by atoms with Crippen molar-refractivity contribution >= 4 is 5.91 Å². The number of carbonyl (C=O) groups excluding carboxylic acids is 1. The van der Waals surface area contributed by atoms with Crippen molar-refractivity contribution in [2.24, 2.45) is 0 Å². The van der Waals surface area contributed by atoms with Gasteiger partial charge in [-0.2, -0.15) is 5.10 Å². The largest absolute Gasteiger partial charge is 0.489 e. The Labute approximate surface area is 148 Å². The predicted molar refractivity (Wildman–Crippen MR) is 96.6 cm³/mol. The number of piperidine rings is 1. The van der Waals surface area contributed by atoms with E-state index in [1.165, 1.54) is 5.56 Å². The van der Waals surface area contributed by atoms with Gasteiger partial charge in [-0.05, 0) is 58.0 Å². The van der Waals surface area contributed by atoms with Crippen molar-refractivity contribution < 1.29 is 9.53 Å². The maximum absolute atomic E-state index is 13.0. The minimum absolute atomic E-state index is 0.0112. The van der Waals surface area contributed by atoms with E-state index in [9.17, 15) is 4.79 Å².